The van der Waals surface area contributed by atoms with Gasteiger partial charge in [-0.3, -0.25) is 4.57 Å². The van der Waals surface area contributed by atoms with Gasteiger partial charge in [-0.05, 0) is 25.1 Å². The van der Waals surface area contributed by atoms with Crippen LogP contribution in [0.3, 0.4) is 0 Å². The SMILES string of the molecule is Cc1nccn1-c1cc(N2CCN(C(=O)Nc3cccc(F)c3)CC2)ncn1. The van der Waals surface area contributed by atoms with E-state index in [9.17, 15) is 9.18 Å². The van der Waals surface area contributed by atoms with Crippen molar-refractivity contribution in [3.63, 3.8) is 0 Å². The zero-order chi connectivity index (χ0) is 19.5. The standard InChI is InChI=1S/C19H20FN7O/c1-14-21-5-6-27(14)18-12-17(22-13-23-18)25-7-9-26(10-8-25)19(28)24-16-4-2-3-15(20)11-16/h2-6,11-13H,7-10H2,1H3,(H,24,28). The largest absolute Gasteiger partial charge is 0.353 e. The molecular weight excluding hydrogens is 361 g/mol. The van der Waals surface area contributed by atoms with Crippen LogP contribution in [0.5, 0.6) is 0 Å². The predicted octanol–water partition coefficient (Wildman–Crippen LogP) is 2.46. The van der Waals surface area contributed by atoms with E-state index in [1.807, 2.05) is 23.8 Å². The van der Waals surface area contributed by atoms with Crippen molar-refractivity contribution in [3.05, 3.63) is 60.7 Å². The quantitative estimate of drug-likeness (QED) is 0.754. The Hall–Kier alpha value is -3.49. The lowest BCUT2D eigenvalue weighted by Gasteiger charge is -2.35. The Balaban J connectivity index is 1.39. The van der Waals surface area contributed by atoms with Crippen LogP contribution in [-0.4, -0.2) is 56.6 Å². The molecule has 144 valence electrons. The number of aryl methyl sites for hydroxylation is 1. The molecule has 1 aliphatic heterocycles. The van der Waals surface area contributed by atoms with Gasteiger partial charge in [0, 0.05) is 50.3 Å². The van der Waals surface area contributed by atoms with Crippen molar-refractivity contribution >= 4 is 17.5 Å². The lowest BCUT2D eigenvalue weighted by atomic mass is 10.3. The molecule has 1 N–H and O–H groups in total. The molecule has 1 saturated heterocycles. The van der Waals surface area contributed by atoms with Gasteiger partial charge >= 0.3 is 6.03 Å². The smallest absolute Gasteiger partial charge is 0.321 e. The third-order valence-corrected chi connectivity index (χ3v) is 4.68. The highest BCUT2D eigenvalue weighted by Gasteiger charge is 2.22. The lowest BCUT2D eigenvalue weighted by molar-refractivity contribution is 0.208. The molecule has 0 atom stereocenters. The monoisotopic (exact) mass is 381 g/mol. The molecular formula is C19H20FN7O. The molecule has 1 fully saturated rings. The van der Waals surface area contributed by atoms with Crippen LogP contribution in [0.25, 0.3) is 5.82 Å². The van der Waals surface area contributed by atoms with Crippen molar-refractivity contribution in [1.82, 2.24) is 24.4 Å². The van der Waals surface area contributed by atoms with Crippen LogP contribution in [0.15, 0.2) is 49.1 Å². The van der Waals surface area contributed by atoms with Gasteiger partial charge in [0.2, 0.25) is 0 Å². The van der Waals surface area contributed by atoms with Crippen LogP contribution in [-0.2, 0) is 0 Å². The van der Waals surface area contributed by atoms with E-state index in [1.54, 1.807) is 23.2 Å². The molecule has 4 rings (SSSR count). The Morgan fingerprint density at radius 2 is 1.86 bits per heavy atom. The number of carbonyl (C=O) groups is 1. The number of anilines is 2. The number of urea groups is 1. The summed E-state index contributed by atoms with van der Waals surface area (Å²) in [6.07, 6.45) is 5.12. The number of aromatic nitrogens is 4. The molecule has 2 aromatic heterocycles. The first kappa shape index (κ1) is 17.9. The first-order valence-electron chi connectivity index (χ1n) is 8.99. The number of imidazole rings is 1. The number of benzene rings is 1. The molecule has 0 spiro atoms. The number of rotatable bonds is 3. The second kappa shape index (κ2) is 7.63. The van der Waals surface area contributed by atoms with E-state index in [0.717, 1.165) is 17.5 Å². The minimum absolute atomic E-state index is 0.234. The molecule has 2 amide bonds. The number of hydrogen-bond donors (Lipinski definition) is 1. The second-order valence-electron chi connectivity index (χ2n) is 6.49. The number of halogens is 1. The Labute approximate surface area is 161 Å². The number of nitrogens with zero attached hydrogens (tertiary/aromatic N) is 6. The van der Waals surface area contributed by atoms with Gasteiger partial charge in [-0.1, -0.05) is 6.07 Å². The van der Waals surface area contributed by atoms with Crippen LogP contribution >= 0.6 is 0 Å². The summed E-state index contributed by atoms with van der Waals surface area (Å²) >= 11 is 0. The van der Waals surface area contributed by atoms with Gasteiger partial charge in [-0.25, -0.2) is 24.1 Å². The molecule has 28 heavy (non-hydrogen) atoms. The third kappa shape index (κ3) is 3.78. The summed E-state index contributed by atoms with van der Waals surface area (Å²) < 4.78 is 15.2. The molecule has 1 aromatic carbocycles. The average Bonchev–Trinajstić information content (AvgIpc) is 3.14. The number of carbonyl (C=O) groups excluding carboxylic acids is 1. The maximum atomic E-state index is 13.3. The van der Waals surface area contributed by atoms with Gasteiger partial charge in [-0.15, -0.1) is 0 Å². The highest BCUT2D eigenvalue weighted by Crippen LogP contribution is 2.17. The number of hydrogen-bond acceptors (Lipinski definition) is 5. The Morgan fingerprint density at radius 1 is 1.07 bits per heavy atom. The van der Waals surface area contributed by atoms with Crippen molar-refractivity contribution in [2.45, 2.75) is 6.92 Å². The molecule has 0 bridgehead atoms. The third-order valence-electron chi connectivity index (χ3n) is 4.68. The van der Waals surface area contributed by atoms with Gasteiger partial charge in [0.05, 0.1) is 0 Å². The Kier molecular flexibility index (Phi) is 4.88. The molecule has 0 saturated carbocycles. The number of amides is 2. The van der Waals surface area contributed by atoms with Gasteiger partial charge in [0.25, 0.3) is 0 Å². The fourth-order valence-electron chi connectivity index (χ4n) is 3.17. The summed E-state index contributed by atoms with van der Waals surface area (Å²) in [5.74, 6) is 2.04. The first-order valence-corrected chi connectivity index (χ1v) is 8.99. The van der Waals surface area contributed by atoms with Crippen LogP contribution in [0.4, 0.5) is 20.7 Å². The fraction of sp³-hybridized carbons (Fsp3) is 0.263. The van der Waals surface area contributed by atoms with Gasteiger partial charge in [0.1, 0.15) is 29.6 Å². The van der Waals surface area contributed by atoms with E-state index < -0.39 is 0 Å². The van der Waals surface area contributed by atoms with E-state index in [1.165, 1.54) is 18.5 Å². The highest BCUT2D eigenvalue weighted by atomic mass is 19.1. The zero-order valence-electron chi connectivity index (χ0n) is 15.4. The van der Waals surface area contributed by atoms with Crippen LogP contribution in [0.2, 0.25) is 0 Å². The summed E-state index contributed by atoms with van der Waals surface area (Å²) in [6.45, 7) is 4.30. The van der Waals surface area contributed by atoms with Gasteiger partial charge in [0.15, 0.2) is 0 Å². The van der Waals surface area contributed by atoms with Crippen molar-refractivity contribution in [2.75, 3.05) is 36.4 Å². The minimum atomic E-state index is -0.379. The molecule has 9 heteroatoms. The maximum Gasteiger partial charge on any atom is 0.321 e. The van der Waals surface area contributed by atoms with Crippen molar-refractivity contribution in [1.29, 1.82) is 0 Å². The molecule has 3 aromatic rings. The van der Waals surface area contributed by atoms with Gasteiger partial charge in [-0.2, -0.15) is 0 Å². The van der Waals surface area contributed by atoms with Crippen LogP contribution in [0, 0.1) is 12.7 Å². The van der Waals surface area contributed by atoms with E-state index >= 15 is 0 Å². The first-order chi connectivity index (χ1) is 13.6. The normalized spacial score (nSPS) is 14.2. The Bertz CT molecular complexity index is 982. The fourth-order valence-corrected chi connectivity index (χ4v) is 3.17. The molecule has 0 aliphatic carbocycles. The van der Waals surface area contributed by atoms with E-state index in [2.05, 4.69) is 25.2 Å². The summed E-state index contributed by atoms with van der Waals surface area (Å²) in [7, 11) is 0. The highest BCUT2D eigenvalue weighted by molar-refractivity contribution is 5.89. The molecule has 3 heterocycles. The minimum Gasteiger partial charge on any atom is -0.353 e. The molecule has 8 nitrogen and oxygen atoms in total. The van der Waals surface area contributed by atoms with Crippen molar-refractivity contribution < 1.29 is 9.18 Å². The number of nitrogens with one attached hydrogen (secondary N) is 1. The van der Waals surface area contributed by atoms with E-state index in [4.69, 9.17) is 0 Å². The van der Waals surface area contributed by atoms with Crippen LogP contribution < -0.4 is 10.2 Å². The zero-order valence-corrected chi connectivity index (χ0v) is 15.4. The van der Waals surface area contributed by atoms with E-state index in [-0.39, 0.29) is 11.8 Å². The van der Waals surface area contributed by atoms with E-state index in [0.29, 0.717) is 31.9 Å². The molecule has 1 aliphatic rings. The number of piperazine rings is 1. The maximum absolute atomic E-state index is 13.3. The van der Waals surface area contributed by atoms with Crippen molar-refractivity contribution in [2.24, 2.45) is 0 Å². The molecule has 0 radical (unpaired) electrons. The average molecular weight is 381 g/mol. The Morgan fingerprint density at radius 3 is 2.57 bits per heavy atom. The second-order valence-corrected chi connectivity index (χ2v) is 6.49. The molecule has 0 unspecified atom stereocenters. The predicted molar refractivity (Wildman–Crippen MR) is 103 cm³/mol. The topological polar surface area (TPSA) is 79.2 Å². The van der Waals surface area contributed by atoms with Crippen molar-refractivity contribution in [3.8, 4) is 5.82 Å². The van der Waals surface area contributed by atoms with Crippen LogP contribution in [0.1, 0.15) is 5.82 Å². The summed E-state index contributed by atoms with van der Waals surface area (Å²) in [4.78, 5) is 29.1. The summed E-state index contributed by atoms with van der Waals surface area (Å²) in [6, 6.07) is 7.55. The van der Waals surface area contributed by atoms with Gasteiger partial charge < -0.3 is 15.1 Å². The summed E-state index contributed by atoms with van der Waals surface area (Å²) in [5.41, 5.74) is 0.448. The lowest BCUT2D eigenvalue weighted by Crippen LogP contribution is -2.50. The summed E-state index contributed by atoms with van der Waals surface area (Å²) in [5, 5.41) is 2.73.